The molecule has 0 aliphatic heterocycles. The maximum atomic E-state index is 12.8. The van der Waals surface area contributed by atoms with Gasteiger partial charge in [-0.25, -0.2) is 4.79 Å². The largest absolute Gasteiger partial charge is 0.507 e. The van der Waals surface area contributed by atoms with E-state index in [1.807, 2.05) is 0 Å². The first-order valence-corrected chi connectivity index (χ1v) is 23.6. The Morgan fingerprint density at radius 3 is 1.76 bits per heavy atom. The monoisotopic (exact) mass is 1000 g/mol. The summed E-state index contributed by atoms with van der Waals surface area (Å²) < 4.78 is 138. The van der Waals surface area contributed by atoms with Crippen LogP contribution < -0.4 is 11.3 Å². The van der Waals surface area contributed by atoms with Crippen molar-refractivity contribution in [1.29, 1.82) is 0 Å². The second kappa shape index (κ2) is 17.3. The van der Waals surface area contributed by atoms with Crippen molar-refractivity contribution in [2.75, 3.05) is 0 Å². The Morgan fingerprint density at radius 1 is 0.642 bits per heavy atom. The van der Waals surface area contributed by atoms with Gasteiger partial charge in [0.1, 0.15) is 43.9 Å². The summed E-state index contributed by atoms with van der Waals surface area (Å²) >= 11 is 0. The first-order valence-electron chi connectivity index (χ1n) is 17.9. The number of phenols is 2. The van der Waals surface area contributed by atoms with Crippen molar-refractivity contribution >= 4 is 108 Å². The van der Waals surface area contributed by atoms with E-state index in [2.05, 4.69) is 30.7 Å². The molecule has 0 spiro atoms. The number of benzene rings is 5. The molecule has 0 fully saturated rings. The molecule has 0 aliphatic rings. The molecule has 0 bridgehead atoms. The summed E-state index contributed by atoms with van der Waals surface area (Å²) in [7, 11) is -20.7. The number of pyridine rings is 1. The molecule has 67 heavy (non-hydrogen) atoms. The van der Waals surface area contributed by atoms with Crippen molar-refractivity contribution in [3.05, 3.63) is 87.7 Å². The van der Waals surface area contributed by atoms with Gasteiger partial charge in [0.15, 0.2) is 5.75 Å². The second-order valence-electron chi connectivity index (χ2n) is 13.7. The van der Waals surface area contributed by atoms with Crippen molar-refractivity contribution in [2.24, 2.45) is 36.4 Å². The number of carbonyl (C=O) groups excluding carboxylic acids is 1. The number of carboxylic acids is 1. The minimum absolute atomic E-state index is 0.186. The van der Waals surface area contributed by atoms with E-state index in [0.717, 1.165) is 41.0 Å². The Labute approximate surface area is 374 Å². The number of aromatic carboxylic acids is 1. The lowest BCUT2D eigenvalue weighted by molar-refractivity contribution is 0.0697. The molecule has 27 nitrogen and oxygen atoms in total. The van der Waals surface area contributed by atoms with E-state index in [4.69, 9.17) is 5.73 Å². The van der Waals surface area contributed by atoms with Gasteiger partial charge >= 0.3 is 5.97 Å². The number of rotatable bonds is 13. The van der Waals surface area contributed by atoms with E-state index in [-0.39, 0.29) is 28.6 Å². The third kappa shape index (κ3) is 9.68. The van der Waals surface area contributed by atoms with Crippen molar-refractivity contribution in [3.63, 3.8) is 0 Å². The fraction of sp³-hybridized carbons (Fsp3) is 0.0833. The summed E-state index contributed by atoms with van der Waals surface area (Å²) in [6, 6.07) is 7.51. The maximum Gasteiger partial charge on any atom is 0.338 e. The number of nitrogens with two attached hydrogens (primary N) is 1. The molecular formula is C36H28N8O19S4. The topological polar surface area (TPSA) is 455 Å². The van der Waals surface area contributed by atoms with Gasteiger partial charge in [-0.3, -0.25) is 32.4 Å². The highest BCUT2D eigenvalue weighted by Crippen LogP contribution is 2.46. The Kier molecular flexibility index (Phi) is 12.6. The highest BCUT2D eigenvalue weighted by Gasteiger charge is 2.27. The molecule has 6 aromatic rings. The van der Waals surface area contributed by atoms with Crippen molar-refractivity contribution in [1.82, 2.24) is 4.57 Å². The third-order valence-corrected chi connectivity index (χ3v) is 12.9. The van der Waals surface area contributed by atoms with Crippen LogP contribution in [0.5, 0.6) is 17.4 Å². The normalized spacial score (nSPS) is 12.9. The lowest BCUT2D eigenvalue weighted by atomic mass is 10.1. The number of amides is 1. The summed E-state index contributed by atoms with van der Waals surface area (Å²) in [5, 5.41) is 63.2. The molecule has 0 saturated carbocycles. The number of nitrogens with zero attached hydrogens (tertiary/aromatic N) is 7. The number of fused-ring (bicyclic) bond motifs is 2. The highest BCUT2D eigenvalue weighted by molar-refractivity contribution is 7.86. The smallest absolute Gasteiger partial charge is 0.338 e. The average Bonchev–Trinajstić information content (AvgIpc) is 3.20. The summed E-state index contributed by atoms with van der Waals surface area (Å²) in [5.74, 6) is -5.94. The van der Waals surface area contributed by atoms with Crippen LogP contribution in [0, 0.1) is 6.92 Å². The zero-order valence-corrected chi connectivity index (χ0v) is 36.7. The summed E-state index contributed by atoms with van der Waals surface area (Å²) in [4.78, 5) is 33.2. The van der Waals surface area contributed by atoms with Crippen LogP contribution >= 0.6 is 0 Å². The predicted octanol–water partition coefficient (Wildman–Crippen LogP) is 5.63. The number of aromatic nitrogens is 1. The molecule has 1 amide bonds. The lowest BCUT2D eigenvalue weighted by Crippen LogP contribution is -2.30. The van der Waals surface area contributed by atoms with Crippen LogP contribution in [0.2, 0.25) is 0 Å². The average molecular weight is 1000 g/mol. The van der Waals surface area contributed by atoms with Crippen LogP contribution in [0.25, 0.3) is 21.5 Å². The molecule has 0 atom stereocenters. The molecule has 1 aromatic heterocycles. The molecule has 10 N–H and O–H groups in total. The molecule has 31 heteroatoms. The van der Waals surface area contributed by atoms with Gasteiger partial charge in [0.05, 0.1) is 32.1 Å². The zero-order valence-electron chi connectivity index (χ0n) is 33.4. The van der Waals surface area contributed by atoms with Gasteiger partial charge in [-0.1, -0.05) is 0 Å². The van der Waals surface area contributed by atoms with Crippen molar-refractivity contribution in [2.45, 2.75) is 40.0 Å². The quantitative estimate of drug-likeness (QED) is 0.0500. The minimum Gasteiger partial charge on any atom is -0.507 e. The van der Waals surface area contributed by atoms with Crippen LogP contribution in [0.15, 0.2) is 116 Å². The number of hydrogen-bond donors (Lipinski definition) is 9. The molecule has 350 valence electrons. The van der Waals surface area contributed by atoms with Crippen LogP contribution in [-0.2, 0) is 47.0 Å². The Bertz CT molecular complexity index is 3820. The highest BCUT2D eigenvalue weighted by atomic mass is 32.2. The zero-order chi connectivity index (χ0) is 49.9. The van der Waals surface area contributed by atoms with Gasteiger partial charge in [-0.2, -0.15) is 38.8 Å². The number of phenolic OH excluding ortho intramolecular Hbond substituents is 2. The molecule has 0 radical (unpaired) electrons. The van der Waals surface area contributed by atoms with E-state index < -0.39 is 145 Å². The van der Waals surface area contributed by atoms with Gasteiger partial charge < -0.3 is 26.2 Å². The van der Waals surface area contributed by atoms with Gasteiger partial charge in [0, 0.05) is 23.6 Å². The summed E-state index contributed by atoms with van der Waals surface area (Å²) in [5.41, 5.74) is -0.923. The number of hydrogen-bond acceptors (Lipinski definition) is 20. The van der Waals surface area contributed by atoms with E-state index in [1.165, 1.54) is 13.8 Å². The first kappa shape index (κ1) is 48.8. The molecular weight excluding hydrogens is 977 g/mol. The SMILES string of the molecule is CCn1c(O)c(/N=N/c2cc(S(=O)(=O)O)cc3cc(S(=O)(=O)O)c(/N=N/c4ccc(/N=N/c5c(S(=O)(=O)O)cc6cc(S(=O)(=O)O)cc(O)c6c5O)c(C(=O)O)c4)cc23)c(C)c(C(N)=O)c1=O. The standard InChI is InChI=1S/C36H28N8O19S4/c1-3-44-34(48)28(33(37)47)14(2)30(35(44)49)42-40-23-11-18(64(52,53)54)6-15-8-26(66(58,59)60)24(13-20(15)23)41-38-17-4-5-22(21(10-17)36(50)51)39-43-31-27(67(61,62)63)9-16-7-19(65(55,56)57)12-25(45)29(16)32(31)46/h4-13,45-46,49H,3H2,1-2H3,(H2,37,47)(H,50,51)(H,52,53,54)(H,55,56,57)(H,58,59,60)(H,61,62,63)/b41-38+,42-40+,43-39+. The van der Waals surface area contributed by atoms with Gasteiger partial charge in [0.2, 0.25) is 5.88 Å². The molecule has 5 aromatic carbocycles. The number of aromatic hydroxyl groups is 3. The molecule has 1 heterocycles. The lowest BCUT2D eigenvalue weighted by Gasteiger charge is -2.13. The summed E-state index contributed by atoms with van der Waals surface area (Å²) in [6.45, 7) is 2.44. The van der Waals surface area contributed by atoms with Crippen LogP contribution in [0.4, 0.5) is 34.1 Å². The molecule has 6 rings (SSSR count). The molecule has 0 aliphatic carbocycles. The molecule has 0 unspecified atom stereocenters. The first-order chi connectivity index (χ1) is 30.9. The number of primary amides is 1. The fourth-order valence-corrected chi connectivity index (χ4v) is 8.77. The second-order valence-corrected chi connectivity index (χ2v) is 19.3. The van der Waals surface area contributed by atoms with Gasteiger partial charge in [0.25, 0.3) is 51.9 Å². The van der Waals surface area contributed by atoms with Crippen LogP contribution in [0.1, 0.15) is 33.2 Å². The third-order valence-electron chi connectivity index (χ3n) is 9.46. The summed E-state index contributed by atoms with van der Waals surface area (Å²) in [6.07, 6.45) is 0. The Balaban J connectivity index is 1.49. The van der Waals surface area contributed by atoms with E-state index in [9.17, 15) is 86.7 Å². The number of carbonyl (C=O) groups is 2. The molecule has 0 saturated heterocycles. The Morgan fingerprint density at radius 2 is 1.19 bits per heavy atom. The predicted molar refractivity (Wildman–Crippen MR) is 228 cm³/mol. The fourth-order valence-electron chi connectivity index (χ4n) is 6.40. The van der Waals surface area contributed by atoms with Crippen molar-refractivity contribution in [3.8, 4) is 17.4 Å². The van der Waals surface area contributed by atoms with E-state index in [0.29, 0.717) is 24.3 Å². The number of azo groups is 3. The minimum atomic E-state index is -5.34. The van der Waals surface area contributed by atoms with Crippen molar-refractivity contribution < 1.29 is 81.9 Å². The van der Waals surface area contributed by atoms with Crippen LogP contribution in [-0.4, -0.2) is 88.8 Å². The van der Waals surface area contributed by atoms with E-state index >= 15 is 0 Å². The van der Waals surface area contributed by atoms with E-state index in [1.54, 1.807) is 0 Å². The maximum absolute atomic E-state index is 12.8. The van der Waals surface area contributed by atoms with Gasteiger partial charge in [-0.15, -0.1) is 25.6 Å². The van der Waals surface area contributed by atoms with Gasteiger partial charge in [-0.05, 0) is 79.2 Å². The van der Waals surface area contributed by atoms with Crippen LogP contribution in [0.3, 0.4) is 0 Å². The number of carboxylic acid groups (broad SMARTS) is 1. The Hall–Kier alpha value is -7.65.